The first kappa shape index (κ1) is 18.7. The number of nitrogens with zero attached hydrogens (tertiary/aromatic N) is 5. The summed E-state index contributed by atoms with van der Waals surface area (Å²) in [4.78, 5) is 17.6. The first-order chi connectivity index (χ1) is 13.5. The van der Waals surface area contributed by atoms with Crippen LogP contribution in [0.4, 0.5) is 0 Å². The number of thiazole rings is 1. The molecule has 28 heavy (non-hydrogen) atoms. The molecule has 144 valence electrons. The summed E-state index contributed by atoms with van der Waals surface area (Å²) in [6.07, 6.45) is 0. The minimum absolute atomic E-state index is 0.0513. The lowest BCUT2D eigenvalue weighted by molar-refractivity contribution is 0.288. The lowest BCUT2D eigenvalue weighted by Crippen LogP contribution is -2.14. The molecule has 0 N–H and O–H groups in total. The van der Waals surface area contributed by atoms with Crippen molar-refractivity contribution in [1.29, 1.82) is 0 Å². The summed E-state index contributed by atoms with van der Waals surface area (Å²) in [5.74, 6) is 2.12. The van der Waals surface area contributed by atoms with E-state index in [4.69, 9.17) is 4.74 Å². The third kappa shape index (κ3) is 3.67. The van der Waals surface area contributed by atoms with Gasteiger partial charge < -0.3 is 9.30 Å². The van der Waals surface area contributed by atoms with E-state index in [1.165, 1.54) is 23.1 Å². The van der Waals surface area contributed by atoms with E-state index in [-0.39, 0.29) is 5.56 Å². The SMILES string of the molecule is Cc1ccccc1OCc1nnc(SCc2cc(=O)n3c(C)csc3n2)n1C. The fraction of sp³-hybridized carbons (Fsp3) is 0.263. The summed E-state index contributed by atoms with van der Waals surface area (Å²) in [6, 6.07) is 9.46. The number of hydrogen-bond acceptors (Lipinski definition) is 7. The normalized spacial score (nSPS) is 11.2. The first-order valence-electron chi connectivity index (χ1n) is 8.69. The highest BCUT2D eigenvalue weighted by molar-refractivity contribution is 7.98. The van der Waals surface area contributed by atoms with Crippen molar-refractivity contribution < 1.29 is 4.74 Å². The van der Waals surface area contributed by atoms with Crippen molar-refractivity contribution in [2.75, 3.05) is 0 Å². The molecule has 7 nitrogen and oxygen atoms in total. The summed E-state index contributed by atoms with van der Waals surface area (Å²) in [5, 5.41) is 11.2. The van der Waals surface area contributed by atoms with Crippen molar-refractivity contribution in [3.8, 4) is 5.75 Å². The molecule has 0 unspecified atom stereocenters. The Hall–Kier alpha value is -2.65. The molecule has 1 aromatic carbocycles. The van der Waals surface area contributed by atoms with Gasteiger partial charge in [-0.05, 0) is 25.5 Å². The molecular formula is C19H19N5O2S2. The number of ether oxygens (including phenoxy) is 1. The van der Waals surface area contributed by atoms with Gasteiger partial charge >= 0.3 is 0 Å². The Morgan fingerprint density at radius 3 is 2.86 bits per heavy atom. The summed E-state index contributed by atoms with van der Waals surface area (Å²) < 4.78 is 9.39. The van der Waals surface area contributed by atoms with Crippen LogP contribution in [0.5, 0.6) is 5.75 Å². The molecule has 0 fully saturated rings. The van der Waals surface area contributed by atoms with Crippen molar-refractivity contribution in [2.45, 2.75) is 31.4 Å². The molecule has 0 radical (unpaired) electrons. The highest BCUT2D eigenvalue weighted by Gasteiger charge is 2.12. The number of thioether (sulfide) groups is 1. The van der Waals surface area contributed by atoms with E-state index >= 15 is 0 Å². The summed E-state index contributed by atoms with van der Waals surface area (Å²) in [6.45, 7) is 4.25. The molecule has 4 rings (SSSR count). The third-order valence-electron chi connectivity index (χ3n) is 4.35. The van der Waals surface area contributed by atoms with Gasteiger partial charge in [0.15, 0.2) is 15.9 Å². The number of aryl methyl sites for hydroxylation is 2. The molecule has 0 saturated carbocycles. The molecule has 9 heteroatoms. The van der Waals surface area contributed by atoms with Gasteiger partial charge in [0.25, 0.3) is 5.56 Å². The number of para-hydroxylation sites is 1. The molecule has 4 aromatic rings. The van der Waals surface area contributed by atoms with Crippen LogP contribution in [0.2, 0.25) is 0 Å². The van der Waals surface area contributed by atoms with Crippen molar-refractivity contribution >= 4 is 28.1 Å². The van der Waals surface area contributed by atoms with E-state index in [0.29, 0.717) is 17.3 Å². The van der Waals surface area contributed by atoms with Crippen LogP contribution in [0.25, 0.3) is 4.96 Å². The average molecular weight is 414 g/mol. The van der Waals surface area contributed by atoms with Gasteiger partial charge in [-0.25, -0.2) is 4.98 Å². The average Bonchev–Trinajstić information content (AvgIpc) is 3.22. The maximum Gasteiger partial charge on any atom is 0.258 e. The van der Waals surface area contributed by atoms with Gasteiger partial charge in [0.05, 0.1) is 5.69 Å². The largest absolute Gasteiger partial charge is 0.485 e. The zero-order valence-electron chi connectivity index (χ0n) is 15.7. The van der Waals surface area contributed by atoms with Gasteiger partial charge in [0, 0.05) is 29.9 Å². The Morgan fingerprint density at radius 1 is 1.21 bits per heavy atom. The molecule has 0 spiro atoms. The summed E-state index contributed by atoms with van der Waals surface area (Å²) in [7, 11) is 1.91. The van der Waals surface area contributed by atoms with Crippen LogP contribution in [0, 0.1) is 13.8 Å². The van der Waals surface area contributed by atoms with Gasteiger partial charge in [0.2, 0.25) is 0 Å². The van der Waals surface area contributed by atoms with E-state index in [1.807, 2.05) is 55.1 Å². The van der Waals surface area contributed by atoms with Crippen LogP contribution in [-0.2, 0) is 19.4 Å². The number of rotatable bonds is 6. The number of fused-ring (bicyclic) bond motifs is 1. The van der Waals surface area contributed by atoms with Crippen molar-refractivity contribution in [3.05, 3.63) is 68.8 Å². The Morgan fingerprint density at radius 2 is 2.04 bits per heavy atom. The fourth-order valence-corrected chi connectivity index (χ4v) is 4.48. The zero-order valence-corrected chi connectivity index (χ0v) is 17.4. The van der Waals surface area contributed by atoms with E-state index in [9.17, 15) is 4.79 Å². The minimum Gasteiger partial charge on any atom is -0.485 e. The predicted molar refractivity (Wildman–Crippen MR) is 110 cm³/mol. The number of benzene rings is 1. The second-order valence-electron chi connectivity index (χ2n) is 6.38. The molecule has 3 aromatic heterocycles. The van der Waals surface area contributed by atoms with E-state index < -0.39 is 0 Å². The Balaban J connectivity index is 1.45. The smallest absolute Gasteiger partial charge is 0.258 e. The van der Waals surface area contributed by atoms with Crippen LogP contribution in [0.15, 0.2) is 45.7 Å². The minimum atomic E-state index is -0.0513. The monoisotopic (exact) mass is 413 g/mol. The second kappa shape index (κ2) is 7.76. The van der Waals surface area contributed by atoms with Gasteiger partial charge in [-0.1, -0.05) is 30.0 Å². The molecular weight excluding hydrogens is 394 g/mol. The van der Waals surface area contributed by atoms with Crippen molar-refractivity contribution in [3.63, 3.8) is 0 Å². The van der Waals surface area contributed by atoms with Crippen LogP contribution in [0.3, 0.4) is 0 Å². The quantitative estimate of drug-likeness (QED) is 0.451. The highest BCUT2D eigenvalue weighted by atomic mass is 32.2. The van der Waals surface area contributed by atoms with Gasteiger partial charge in [-0.3, -0.25) is 9.20 Å². The summed E-state index contributed by atoms with van der Waals surface area (Å²) >= 11 is 2.97. The standard InChI is InChI=1S/C19H19N5O2S2/c1-12-6-4-5-7-15(12)26-9-16-21-22-19(23(16)3)28-11-14-8-17(25)24-13(2)10-27-18(24)20-14/h4-8,10H,9,11H2,1-3H3. The van der Waals surface area contributed by atoms with Crippen LogP contribution < -0.4 is 10.3 Å². The lowest BCUT2D eigenvalue weighted by Gasteiger charge is -2.08. The van der Waals surface area contributed by atoms with Gasteiger partial charge in [-0.2, -0.15) is 0 Å². The second-order valence-corrected chi connectivity index (χ2v) is 8.16. The van der Waals surface area contributed by atoms with Gasteiger partial charge in [0.1, 0.15) is 12.4 Å². The van der Waals surface area contributed by atoms with Crippen LogP contribution in [0.1, 0.15) is 22.8 Å². The molecule has 3 heterocycles. The third-order valence-corrected chi connectivity index (χ3v) is 6.35. The number of hydrogen-bond donors (Lipinski definition) is 0. The van der Waals surface area contributed by atoms with Gasteiger partial charge in [-0.15, -0.1) is 21.5 Å². The summed E-state index contributed by atoms with van der Waals surface area (Å²) in [5.41, 5.74) is 2.67. The molecule has 0 aliphatic carbocycles. The lowest BCUT2D eigenvalue weighted by atomic mass is 10.2. The molecule has 0 atom stereocenters. The zero-order chi connectivity index (χ0) is 19.7. The van der Waals surface area contributed by atoms with E-state index in [2.05, 4.69) is 15.2 Å². The highest BCUT2D eigenvalue weighted by Crippen LogP contribution is 2.22. The molecule has 0 aliphatic heterocycles. The molecule has 0 saturated heterocycles. The number of aromatic nitrogens is 5. The predicted octanol–water partition coefficient (Wildman–Crippen LogP) is 3.37. The Bertz CT molecular complexity index is 1190. The Kier molecular flexibility index (Phi) is 5.19. The van der Waals surface area contributed by atoms with E-state index in [0.717, 1.165) is 33.7 Å². The first-order valence-corrected chi connectivity index (χ1v) is 10.6. The molecule has 0 amide bonds. The van der Waals surface area contributed by atoms with Crippen LogP contribution in [-0.4, -0.2) is 24.1 Å². The topological polar surface area (TPSA) is 74.3 Å². The van der Waals surface area contributed by atoms with E-state index in [1.54, 1.807) is 10.5 Å². The molecule has 0 aliphatic rings. The maximum absolute atomic E-state index is 12.3. The van der Waals surface area contributed by atoms with Crippen LogP contribution >= 0.6 is 23.1 Å². The fourth-order valence-electron chi connectivity index (χ4n) is 2.77. The van der Waals surface area contributed by atoms with Crippen molar-refractivity contribution in [1.82, 2.24) is 24.1 Å². The molecule has 0 bridgehead atoms. The Labute approximate surface area is 170 Å². The van der Waals surface area contributed by atoms with Crippen molar-refractivity contribution in [2.24, 2.45) is 7.05 Å². The maximum atomic E-state index is 12.3.